The van der Waals surface area contributed by atoms with Crippen molar-refractivity contribution in [1.29, 1.82) is 0 Å². The van der Waals surface area contributed by atoms with Crippen LogP contribution in [0.15, 0.2) is 70.6 Å². The lowest BCUT2D eigenvalue weighted by Crippen LogP contribution is -2.29. The molecule has 0 saturated carbocycles. The second-order valence-electron chi connectivity index (χ2n) is 8.73. The smallest absolute Gasteiger partial charge is 0.201 e. The van der Waals surface area contributed by atoms with Gasteiger partial charge in [0, 0.05) is 39.3 Å². The highest BCUT2D eigenvalue weighted by Crippen LogP contribution is 2.36. The van der Waals surface area contributed by atoms with Gasteiger partial charge in [0.25, 0.3) is 0 Å². The van der Waals surface area contributed by atoms with E-state index >= 15 is 0 Å². The Hall–Kier alpha value is -2.67. The third-order valence-electron chi connectivity index (χ3n) is 6.17. The normalized spacial score (nSPS) is 14.0. The van der Waals surface area contributed by atoms with Crippen molar-refractivity contribution < 1.29 is 8.42 Å². The number of hydrogen-bond donors (Lipinski definition) is 0. The van der Waals surface area contributed by atoms with E-state index in [1.54, 1.807) is 37.4 Å². The zero-order chi connectivity index (χ0) is 25.3. The number of fused-ring (bicyclic) bond motifs is 1. The lowest BCUT2D eigenvalue weighted by Gasteiger charge is -2.21. The van der Waals surface area contributed by atoms with Crippen molar-refractivity contribution in [2.45, 2.75) is 37.5 Å². The summed E-state index contributed by atoms with van der Waals surface area (Å²) in [5, 5.41) is 5.94. The molecule has 182 valence electrons. The number of rotatable bonds is 7. The van der Waals surface area contributed by atoms with E-state index in [9.17, 15) is 8.42 Å². The molecule has 4 rings (SSSR count). The molecule has 1 heterocycles. The lowest BCUT2D eigenvalue weighted by molar-refractivity contribution is 0.498. The first-order chi connectivity index (χ1) is 16.6. The zero-order valence-corrected chi connectivity index (χ0v) is 22.4. The molecule has 0 spiro atoms. The molecule has 0 aliphatic carbocycles. The molecule has 0 radical (unpaired) electrons. The van der Waals surface area contributed by atoms with Crippen LogP contribution in [0, 0.1) is 12.8 Å². The maximum atomic E-state index is 13.5. The molecule has 35 heavy (non-hydrogen) atoms. The van der Waals surface area contributed by atoms with E-state index in [2.05, 4.69) is 4.99 Å². The maximum Gasteiger partial charge on any atom is 0.201 e. The summed E-state index contributed by atoms with van der Waals surface area (Å²) < 4.78 is 28.8. The predicted molar refractivity (Wildman–Crippen MR) is 145 cm³/mol. The minimum absolute atomic E-state index is 0.278. The molecule has 8 heteroatoms. The number of nitrogens with zero attached hydrogens (tertiary/aromatic N) is 3. The van der Waals surface area contributed by atoms with Gasteiger partial charge >= 0.3 is 0 Å². The highest BCUT2D eigenvalue weighted by atomic mass is 35.5. The van der Waals surface area contributed by atoms with Crippen LogP contribution in [0.1, 0.15) is 25.1 Å². The van der Waals surface area contributed by atoms with E-state index in [0.29, 0.717) is 16.5 Å². The summed E-state index contributed by atoms with van der Waals surface area (Å²) in [5.41, 5.74) is 4.49. The van der Waals surface area contributed by atoms with Crippen LogP contribution in [0.25, 0.3) is 22.0 Å². The Morgan fingerprint density at radius 1 is 1.06 bits per heavy atom. The molecule has 5 nitrogen and oxygen atoms in total. The molecule has 3 aromatic carbocycles. The van der Waals surface area contributed by atoms with Gasteiger partial charge in [-0.2, -0.15) is 5.10 Å². The maximum absolute atomic E-state index is 13.5. The van der Waals surface area contributed by atoms with Crippen LogP contribution in [0.2, 0.25) is 10.0 Å². The highest BCUT2D eigenvalue weighted by Gasteiger charge is 2.32. The van der Waals surface area contributed by atoms with E-state index in [1.165, 1.54) is 0 Å². The quantitative estimate of drug-likeness (QED) is 0.245. The summed E-state index contributed by atoms with van der Waals surface area (Å²) >= 11 is 12.6. The van der Waals surface area contributed by atoms with Crippen LogP contribution in [-0.4, -0.2) is 29.8 Å². The monoisotopic (exact) mass is 527 g/mol. The number of benzene rings is 3. The van der Waals surface area contributed by atoms with E-state index < -0.39 is 15.2 Å². The van der Waals surface area contributed by atoms with Gasteiger partial charge in [-0.25, -0.2) is 8.42 Å². The molecule has 4 aromatic rings. The fraction of sp³-hybridized carbons (Fsp3) is 0.259. The highest BCUT2D eigenvalue weighted by molar-refractivity contribution is 7.92. The Labute approximate surface area is 216 Å². The van der Waals surface area contributed by atoms with Gasteiger partial charge < -0.3 is 0 Å². The van der Waals surface area contributed by atoms with Gasteiger partial charge in [-0.05, 0) is 56.7 Å². The number of hydrogen-bond acceptors (Lipinski definition) is 4. The Balaban J connectivity index is 1.74. The number of halogens is 2. The van der Waals surface area contributed by atoms with Crippen molar-refractivity contribution in [3.63, 3.8) is 0 Å². The SMILES string of the molecule is CC=NC(C(C)Cc1c2cccc(-c3ccc(Cl)cc3Cl)c2nn1C)S(=O)(=O)c1ccc(C)cc1. The van der Waals surface area contributed by atoms with Crippen LogP contribution >= 0.6 is 23.2 Å². The summed E-state index contributed by atoms with van der Waals surface area (Å²) in [6.07, 6.45) is 2.05. The average molecular weight is 529 g/mol. The number of sulfone groups is 1. The van der Waals surface area contributed by atoms with Crippen molar-refractivity contribution in [3.05, 3.63) is 82.0 Å². The summed E-state index contributed by atoms with van der Waals surface area (Å²) in [6.45, 7) is 5.59. The lowest BCUT2D eigenvalue weighted by atomic mass is 9.99. The second-order valence-corrected chi connectivity index (χ2v) is 11.6. The second kappa shape index (κ2) is 10.1. The molecule has 0 fully saturated rings. The first-order valence-electron chi connectivity index (χ1n) is 11.3. The van der Waals surface area contributed by atoms with Gasteiger partial charge in [-0.15, -0.1) is 0 Å². The number of aryl methyl sites for hydroxylation is 2. The molecule has 0 aliphatic rings. The number of aromatic nitrogens is 2. The van der Waals surface area contributed by atoms with Gasteiger partial charge in [0.15, 0.2) is 5.37 Å². The topological polar surface area (TPSA) is 64.3 Å². The summed E-state index contributed by atoms with van der Waals surface area (Å²) in [4.78, 5) is 4.68. The summed E-state index contributed by atoms with van der Waals surface area (Å²) in [7, 11) is -1.79. The van der Waals surface area contributed by atoms with Gasteiger partial charge in [0.1, 0.15) is 5.52 Å². The average Bonchev–Trinajstić information content (AvgIpc) is 3.13. The van der Waals surface area contributed by atoms with Crippen LogP contribution in [0.3, 0.4) is 0 Å². The summed E-state index contributed by atoms with van der Waals surface area (Å²) in [6, 6.07) is 18.3. The van der Waals surface area contributed by atoms with Crippen molar-refractivity contribution in [2.24, 2.45) is 18.0 Å². The minimum Gasteiger partial charge on any atom is -0.278 e. The molecule has 0 saturated heterocycles. The van der Waals surface area contributed by atoms with Gasteiger partial charge in [-0.3, -0.25) is 9.67 Å². The third-order valence-corrected chi connectivity index (χ3v) is 8.87. The molecular formula is C27H27Cl2N3O2S. The standard InChI is InChI=1S/C27H27Cl2N3O2S/c1-5-30-27(35(33,34)20-12-9-17(2)10-13-20)18(3)15-25-23-8-6-7-22(26(23)31-32(25)4)21-14-11-19(28)16-24(21)29/h5-14,16,18,27H,15H2,1-4H3. The minimum atomic E-state index is -3.67. The predicted octanol–water partition coefficient (Wildman–Crippen LogP) is 6.92. The molecule has 0 aliphatic heterocycles. The molecule has 2 unspecified atom stereocenters. The Bertz CT molecular complexity index is 1510. The van der Waals surface area contributed by atoms with Gasteiger partial charge in [0.05, 0.1) is 4.90 Å². The Morgan fingerprint density at radius 3 is 2.43 bits per heavy atom. The molecule has 0 bridgehead atoms. The fourth-order valence-corrected chi connectivity index (χ4v) is 6.68. The van der Waals surface area contributed by atoms with Crippen LogP contribution in [-0.2, 0) is 23.3 Å². The van der Waals surface area contributed by atoms with Crippen LogP contribution in [0.4, 0.5) is 0 Å². The van der Waals surface area contributed by atoms with Crippen molar-refractivity contribution in [3.8, 4) is 11.1 Å². The Kier molecular flexibility index (Phi) is 7.36. The van der Waals surface area contributed by atoms with E-state index in [-0.39, 0.29) is 10.8 Å². The van der Waals surface area contributed by atoms with Crippen molar-refractivity contribution >= 4 is 50.2 Å². The van der Waals surface area contributed by atoms with E-state index in [1.807, 2.05) is 62.0 Å². The van der Waals surface area contributed by atoms with Gasteiger partial charge in [-0.1, -0.05) is 72.1 Å². The van der Waals surface area contributed by atoms with Crippen LogP contribution in [0.5, 0.6) is 0 Å². The molecule has 0 N–H and O–H groups in total. The Morgan fingerprint density at radius 2 is 1.77 bits per heavy atom. The van der Waals surface area contributed by atoms with E-state index in [4.69, 9.17) is 28.3 Å². The molecule has 2 atom stereocenters. The first kappa shape index (κ1) is 25.4. The summed E-state index contributed by atoms with van der Waals surface area (Å²) in [5.74, 6) is -0.293. The van der Waals surface area contributed by atoms with Crippen molar-refractivity contribution in [2.75, 3.05) is 0 Å². The molecule has 0 amide bonds. The van der Waals surface area contributed by atoms with E-state index in [0.717, 1.165) is 33.3 Å². The zero-order valence-electron chi connectivity index (χ0n) is 20.0. The molecule has 1 aromatic heterocycles. The first-order valence-corrected chi connectivity index (χ1v) is 13.6. The third kappa shape index (κ3) is 5.01. The fourth-order valence-electron chi connectivity index (χ4n) is 4.39. The molecular weight excluding hydrogens is 501 g/mol. The number of aliphatic imine (C=N–C) groups is 1. The van der Waals surface area contributed by atoms with Gasteiger partial charge in [0.2, 0.25) is 9.84 Å². The van der Waals surface area contributed by atoms with Crippen molar-refractivity contribution in [1.82, 2.24) is 9.78 Å². The largest absolute Gasteiger partial charge is 0.278 e. The van der Waals surface area contributed by atoms with Crippen LogP contribution < -0.4 is 0 Å².